The van der Waals surface area contributed by atoms with Gasteiger partial charge in [-0.15, -0.1) is 0 Å². The number of benzene rings is 1. The Morgan fingerprint density at radius 3 is 2.55 bits per heavy atom. The predicted molar refractivity (Wildman–Crippen MR) is 71.6 cm³/mol. The van der Waals surface area contributed by atoms with Crippen molar-refractivity contribution in [3.05, 3.63) is 22.2 Å². The van der Waals surface area contributed by atoms with E-state index in [4.69, 9.17) is 14.6 Å². The van der Waals surface area contributed by atoms with Gasteiger partial charge in [-0.1, -0.05) is 0 Å². The molecule has 0 bridgehead atoms. The molecule has 0 radical (unpaired) electrons. The molecule has 0 spiro atoms. The molecule has 1 unspecified atom stereocenters. The molecule has 0 fully saturated rings. The Morgan fingerprint density at radius 2 is 2.05 bits per heavy atom. The average Bonchev–Trinajstić information content (AvgIpc) is 2.42. The van der Waals surface area contributed by atoms with Gasteiger partial charge in [0.2, 0.25) is 0 Å². The van der Waals surface area contributed by atoms with Crippen molar-refractivity contribution in [2.75, 3.05) is 20.8 Å². The second kappa shape index (κ2) is 7.39. The highest BCUT2D eigenvalue weighted by Gasteiger charge is 2.21. The summed E-state index contributed by atoms with van der Waals surface area (Å²) in [5, 5.41) is 11.2. The van der Waals surface area contributed by atoms with Gasteiger partial charge in [0.1, 0.15) is 17.6 Å². The zero-order valence-corrected chi connectivity index (χ0v) is 12.4. The predicted octanol–water partition coefficient (Wildman–Crippen LogP) is 1.82. The van der Waals surface area contributed by atoms with Gasteiger partial charge in [-0.3, -0.25) is 4.79 Å². The fourth-order valence-corrected chi connectivity index (χ4v) is 2.05. The summed E-state index contributed by atoms with van der Waals surface area (Å²) in [6, 6.07) is 3.01. The standard InChI is InChI=1S/C12H14BrF2NO4/c1-19-6-3-7(10(20-2)8(13)4-6)12(18)16-5-9(17)11(14)15/h3-4,9,11,17H,5H2,1-2H3,(H,16,18). The van der Waals surface area contributed by atoms with Crippen molar-refractivity contribution in [2.45, 2.75) is 12.5 Å². The molecule has 20 heavy (non-hydrogen) atoms. The highest BCUT2D eigenvalue weighted by atomic mass is 79.9. The molecular weight excluding hydrogens is 340 g/mol. The van der Waals surface area contributed by atoms with Crippen LogP contribution in [0.3, 0.4) is 0 Å². The van der Waals surface area contributed by atoms with Crippen molar-refractivity contribution >= 4 is 21.8 Å². The smallest absolute Gasteiger partial charge is 0.265 e. The number of methoxy groups -OCH3 is 2. The van der Waals surface area contributed by atoms with E-state index in [0.29, 0.717) is 10.2 Å². The largest absolute Gasteiger partial charge is 0.497 e. The maximum Gasteiger partial charge on any atom is 0.265 e. The Kier molecular flexibility index (Phi) is 6.15. The molecule has 1 amide bonds. The van der Waals surface area contributed by atoms with E-state index in [9.17, 15) is 13.6 Å². The van der Waals surface area contributed by atoms with Gasteiger partial charge in [0.25, 0.3) is 12.3 Å². The van der Waals surface area contributed by atoms with Gasteiger partial charge in [0.15, 0.2) is 0 Å². The Labute approximate surface area is 123 Å². The van der Waals surface area contributed by atoms with Crippen molar-refractivity contribution in [2.24, 2.45) is 0 Å². The third-order valence-electron chi connectivity index (χ3n) is 2.46. The minimum atomic E-state index is -2.92. The van der Waals surface area contributed by atoms with Crippen LogP contribution in [0.2, 0.25) is 0 Å². The summed E-state index contributed by atoms with van der Waals surface area (Å²) in [5.41, 5.74) is 0.111. The quantitative estimate of drug-likeness (QED) is 0.818. The van der Waals surface area contributed by atoms with Gasteiger partial charge >= 0.3 is 0 Å². The first-order valence-electron chi connectivity index (χ1n) is 5.56. The van der Waals surface area contributed by atoms with Crippen LogP contribution < -0.4 is 14.8 Å². The lowest BCUT2D eigenvalue weighted by molar-refractivity contribution is -0.00271. The summed E-state index contributed by atoms with van der Waals surface area (Å²) in [6.45, 7) is -0.561. The molecule has 1 atom stereocenters. The number of aliphatic hydroxyl groups excluding tert-OH is 1. The van der Waals surface area contributed by atoms with Crippen LogP contribution >= 0.6 is 15.9 Å². The minimum absolute atomic E-state index is 0.111. The Bertz CT molecular complexity index is 485. The van der Waals surface area contributed by atoms with Crippen molar-refractivity contribution in [1.82, 2.24) is 5.32 Å². The summed E-state index contributed by atoms with van der Waals surface area (Å²) >= 11 is 3.22. The number of hydrogen-bond acceptors (Lipinski definition) is 4. The number of rotatable bonds is 6. The number of carbonyl (C=O) groups excluding carboxylic acids is 1. The first-order chi connectivity index (χ1) is 9.40. The molecule has 0 aliphatic heterocycles. The monoisotopic (exact) mass is 353 g/mol. The molecule has 1 aromatic carbocycles. The molecule has 0 aliphatic rings. The second-order valence-corrected chi connectivity index (χ2v) is 4.66. The molecule has 0 aromatic heterocycles. The van der Waals surface area contributed by atoms with Gasteiger partial charge in [0, 0.05) is 6.54 Å². The van der Waals surface area contributed by atoms with E-state index in [2.05, 4.69) is 21.2 Å². The van der Waals surface area contributed by atoms with Crippen LogP contribution in [0.1, 0.15) is 10.4 Å². The SMILES string of the molecule is COc1cc(Br)c(OC)c(C(=O)NCC(O)C(F)F)c1. The molecular formula is C12H14BrF2NO4. The summed E-state index contributed by atoms with van der Waals surface area (Å²) in [7, 11) is 2.80. The van der Waals surface area contributed by atoms with E-state index >= 15 is 0 Å². The van der Waals surface area contributed by atoms with Crippen LogP contribution in [-0.4, -0.2) is 44.3 Å². The van der Waals surface area contributed by atoms with Gasteiger partial charge in [0.05, 0.1) is 24.3 Å². The van der Waals surface area contributed by atoms with E-state index in [0.717, 1.165) is 0 Å². The highest BCUT2D eigenvalue weighted by molar-refractivity contribution is 9.10. The number of nitrogens with one attached hydrogen (secondary N) is 1. The van der Waals surface area contributed by atoms with Gasteiger partial charge in [-0.05, 0) is 28.1 Å². The first-order valence-corrected chi connectivity index (χ1v) is 6.36. The van der Waals surface area contributed by atoms with Gasteiger partial charge < -0.3 is 19.9 Å². The van der Waals surface area contributed by atoms with Crippen molar-refractivity contribution in [3.63, 3.8) is 0 Å². The maximum absolute atomic E-state index is 12.2. The molecule has 2 N–H and O–H groups in total. The minimum Gasteiger partial charge on any atom is -0.497 e. The fraction of sp³-hybridized carbons (Fsp3) is 0.417. The van der Waals surface area contributed by atoms with E-state index < -0.39 is 25.0 Å². The van der Waals surface area contributed by atoms with Crippen molar-refractivity contribution < 1.29 is 28.2 Å². The lowest BCUT2D eigenvalue weighted by Crippen LogP contribution is -2.36. The summed E-state index contributed by atoms with van der Waals surface area (Å²) < 4.78 is 34.9. The lowest BCUT2D eigenvalue weighted by Gasteiger charge is -2.14. The summed E-state index contributed by atoms with van der Waals surface area (Å²) in [6.07, 6.45) is -4.84. The molecule has 1 aromatic rings. The number of amides is 1. The number of ether oxygens (including phenoxy) is 2. The van der Waals surface area contributed by atoms with Crippen LogP contribution in [0.15, 0.2) is 16.6 Å². The zero-order valence-electron chi connectivity index (χ0n) is 10.8. The van der Waals surface area contributed by atoms with Crippen LogP contribution in [-0.2, 0) is 0 Å². The molecule has 0 heterocycles. The van der Waals surface area contributed by atoms with Crippen molar-refractivity contribution in [3.8, 4) is 11.5 Å². The van der Waals surface area contributed by atoms with Crippen molar-refractivity contribution in [1.29, 1.82) is 0 Å². The van der Waals surface area contributed by atoms with E-state index in [1.165, 1.54) is 20.3 Å². The van der Waals surface area contributed by atoms with Gasteiger partial charge in [-0.2, -0.15) is 0 Å². The second-order valence-electron chi connectivity index (χ2n) is 3.80. The Morgan fingerprint density at radius 1 is 1.40 bits per heavy atom. The van der Waals surface area contributed by atoms with Gasteiger partial charge in [-0.25, -0.2) is 8.78 Å². The normalized spacial score (nSPS) is 12.2. The number of alkyl halides is 2. The number of aliphatic hydroxyl groups is 1. The van der Waals surface area contributed by atoms with Crippen LogP contribution in [0.5, 0.6) is 11.5 Å². The number of carbonyl (C=O) groups is 1. The average molecular weight is 354 g/mol. The molecule has 0 aliphatic carbocycles. The number of halogens is 3. The molecule has 8 heteroatoms. The molecule has 1 rings (SSSR count). The van der Waals surface area contributed by atoms with Crippen LogP contribution in [0, 0.1) is 0 Å². The molecule has 0 saturated heterocycles. The van der Waals surface area contributed by atoms with Crippen LogP contribution in [0.4, 0.5) is 8.78 Å². The zero-order chi connectivity index (χ0) is 15.3. The third kappa shape index (κ3) is 4.04. The maximum atomic E-state index is 12.2. The molecule has 0 saturated carbocycles. The van der Waals surface area contributed by atoms with E-state index in [1.807, 2.05) is 0 Å². The van der Waals surface area contributed by atoms with E-state index in [-0.39, 0.29) is 11.3 Å². The lowest BCUT2D eigenvalue weighted by atomic mass is 10.1. The fourth-order valence-electron chi connectivity index (χ4n) is 1.44. The number of hydrogen-bond donors (Lipinski definition) is 2. The molecule has 5 nitrogen and oxygen atoms in total. The topological polar surface area (TPSA) is 67.8 Å². The molecule has 112 valence electrons. The van der Waals surface area contributed by atoms with E-state index in [1.54, 1.807) is 6.07 Å². The Hall–Kier alpha value is -1.41. The first kappa shape index (κ1) is 16.6. The third-order valence-corrected chi connectivity index (χ3v) is 3.05. The van der Waals surface area contributed by atoms with Crippen LogP contribution in [0.25, 0.3) is 0 Å². The Balaban J connectivity index is 2.94. The highest BCUT2D eigenvalue weighted by Crippen LogP contribution is 2.33. The summed E-state index contributed by atoms with van der Waals surface area (Å²) in [4.78, 5) is 11.9. The summed E-state index contributed by atoms with van der Waals surface area (Å²) in [5.74, 6) is -0.00628.